The molecule has 0 spiro atoms. The first kappa shape index (κ1) is 8.81. The second kappa shape index (κ2) is 3.54. The van der Waals surface area contributed by atoms with E-state index in [4.69, 9.17) is 4.42 Å². The minimum atomic E-state index is -0.00319. The second-order valence-electron chi connectivity index (χ2n) is 3.11. The SMILES string of the molecule is CNC(=O)Cc1coc2ccccc12. The lowest BCUT2D eigenvalue weighted by molar-refractivity contribution is -0.119. The fourth-order valence-electron chi connectivity index (χ4n) is 1.43. The smallest absolute Gasteiger partial charge is 0.224 e. The zero-order valence-corrected chi connectivity index (χ0v) is 7.91. The summed E-state index contributed by atoms with van der Waals surface area (Å²) in [5.74, 6) is -0.00319. The van der Waals surface area contributed by atoms with Crippen molar-refractivity contribution in [1.29, 1.82) is 0 Å². The molecule has 0 aliphatic carbocycles. The van der Waals surface area contributed by atoms with Crippen molar-refractivity contribution in [1.82, 2.24) is 5.32 Å². The number of carbonyl (C=O) groups is 1. The molecule has 3 heteroatoms. The fourth-order valence-corrected chi connectivity index (χ4v) is 1.43. The number of rotatable bonds is 2. The average Bonchev–Trinajstić information content (AvgIpc) is 2.62. The third-order valence-electron chi connectivity index (χ3n) is 2.19. The second-order valence-corrected chi connectivity index (χ2v) is 3.11. The van der Waals surface area contributed by atoms with Gasteiger partial charge in [0.15, 0.2) is 0 Å². The summed E-state index contributed by atoms with van der Waals surface area (Å²) in [6, 6.07) is 7.69. The van der Waals surface area contributed by atoms with E-state index in [2.05, 4.69) is 5.32 Å². The molecule has 0 aliphatic heterocycles. The lowest BCUT2D eigenvalue weighted by Gasteiger charge is -1.96. The van der Waals surface area contributed by atoms with Crippen molar-refractivity contribution in [2.45, 2.75) is 6.42 Å². The van der Waals surface area contributed by atoms with Crippen molar-refractivity contribution in [3.8, 4) is 0 Å². The Hall–Kier alpha value is -1.77. The number of benzene rings is 1. The van der Waals surface area contributed by atoms with Crippen molar-refractivity contribution in [3.05, 3.63) is 36.1 Å². The maximum absolute atomic E-state index is 11.2. The molecular formula is C11H11NO2. The molecule has 0 saturated heterocycles. The Labute approximate surface area is 81.7 Å². The van der Waals surface area contributed by atoms with Gasteiger partial charge >= 0.3 is 0 Å². The van der Waals surface area contributed by atoms with Crippen LogP contribution in [0.1, 0.15) is 5.56 Å². The van der Waals surface area contributed by atoms with Crippen LogP contribution in [-0.4, -0.2) is 13.0 Å². The van der Waals surface area contributed by atoms with E-state index < -0.39 is 0 Å². The van der Waals surface area contributed by atoms with E-state index in [9.17, 15) is 4.79 Å². The summed E-state index contributed by atoms with van der Waals surface area (Å²) in [7, 11) is 1.63. The van der Waals surface area contributed by atoms with E-state index in [-0.39, 0.29) is 5.91 Å². The van der Waals surface area contributed by atoms with Gasteiger partial charge < -0.3 is 9.73 Å². The van der Waals surface area contributed by atoms with Gasteiger partial charge in [0, 0.05) is 18.0 Å². The molecule has 0 aliphatic rings. The highest BCUT2D eigenvalue weighted by Crippen LogP contribution is 2.20. The molecule has 2 aromatic rings. The molecule has 0 atom stereocenters. The molecule has 0 radical (unpaired) electrons. The lowest BCUT2D eigenvalue weighted by atomic mass is 10.1. The third-order valence-corrected chi connectivity index (χ3v) is 2.19. The first-order chi connectivity index (χ1) is 6.81. The first-order valence-electron chi connectivity index (χ1n) is 4.47. The quantitative estimate of drug-likeness (QED) is 0.781. The summed E-state index contributed by atoms with van der Waals surface area (Å²) in [6.07, 6.45) is 2.01. The highest BCUT2D eigenvalue weighted by Gasteiger charge is 2.07. The summed E-state index contributed by atoms with van der Waals surface area (Å²) in [6.45, 7) is 0. The Morgan fingerprint density at radius 3 is 3.00 bits per heavy atom. The van der Waals surface area contributed by atoms with E-state index in [0.717, 1.165) is 16.5 Å². The summed E-state index contributed by atoms with van der Waals surface area (Å²) in [4.78, 5) is 11.2. The van der Waals surface area contributed by atoms with E-state index in [1.165, 1.54) is 0 Å². The Morgan fingerprint density at radius 2 is 2.21 bits per heavy atom. The number of carbonyl (C=O) groups excluding carboxylic acids is 1. The van der Waals surface area contributed by atoms with Gasteiger partial charge in [0.2, 0.25) is 5.91 Å². The van der Waals surface area contributed by atoms with Crippen LogP contribution in [0.15, 0.2) is 34.9 Å². The van der Waals surface area contributed by atoms with Gasteiger partial charge in [-0.05, 0) is 6.07 Å². The molecule has 3 nitrogen and oxygen atoms in total. The molecule has 0 fully saturated rings. The number of nitrogens with one attached hydrogen (secondary N) is 1. The Balaban J connectivity index is 2.38. The summed E-state index contributed by atoms with van der Waals surface area (Å²) >= 11 is 0. The number of fused-ring (bicyclic) bond motifs is 1. The van der Waals surface area contributed by atoms with Crippen molar-refractivity contribution in [2.24, 2.45) is 0 Å². The van der Waals surface area contributed by atoms with Crippen LogP contribution in [0.5, 0.6) is 0 Å². The number of para-hydroxylation sites is 1. The van der Waals surface area contributed by atoms with Crippen molar-refractivity contribution in [3.63, 3.8) is 0 Å². The van der Waals surface area contributed by atoms with Crippen LogP contribution < -0.4 is 5.32 Å². The molecule has 1 amide bonds. The molecule has 1 aromatic carbocycles. The number of likely N-dealkylation sites (N-methyl/N-ethyl adjacent to an activating group) is 1. The van der Waals surface area contributed by atoms with Gasteiger partial charge in [0.1, 0.15) is 5.58 Å². The number of furan rings is 1. The summed E-state index contributed by atoms with van der Waals surface area (Å²) < 4.78 is 5.31. The van der Waals surface area contributed by atoms with Gasteiger partial charge in [-0.2, -0.15) is 0 Å². The molecule has 2 rings (SSSR count). The predicted molar refractivity (Wildman–Crippen MR) is 54.0 cm³/mol. The minimum Gasteiger partial charge on any atom is -0.464 e. The molecule has 0 bridgehead atoms. The van der Waals surface area contributed by atoms with Gasteiger partial charge in [-0.15, -0.1) is 0 Å². The maximum atomic E-state index is 11.2. The lowest BCUT2D eigenvalue weighted by Crippen LogP contribution is -2.19. The topological polar surface area (TPSA) is 42.2 Å². The zero-order valence-electron chi connectivity index (χ0n) is 7.91. The first-order valence-corrected chi connectivity index (χ1v) is 4.47. The van der Waals surface area contributed by atoms with Crippen LogP contribution in [0, 0.1) is 0 Å². The molecule has 1 N–H and O–H groups in total. The van der Waals surface area contributed by atoms with Crippen molar-refractivity contribution >= 4 is 16.9 Å². The third kappa shape index (κ3) is 1.48. The summed E-state index contributed by atoms with van der Waals surface area (Å²) in [5.41, 5.74) is 1.76. The van der Waals surface area contributed by atoms with Crippen LogP contribution in [0.4, 0.5) is 0 Å². The van der Waals surface area contributed by atoms with Crippen LogP contribution >= 0.6 is 0 Å². The van der Waals surface area contributed by atoms with Crippen LogP contribution in [0.2, 0.25) is 0 Å². The largest absolute Gasteiger partial charge is 0.464 e. The summed E-state index contributed by atoms with van der Waals surface area (Å²) in [5, 5.41) is 3.60. The van der Waals surface area contributed by atoms with Crippen LogP contribution in [0.25, 0.3) is 11.0 Å². The number of hydrogen-bond acceptors (Lipinski definition) is 2. The van der Waals surface area contributed by atoms with Gasteiger partial charge in [0.05, 0.1) is 12.7 Å². The predicted octanol–water partition coefficient (Wildman–Crippen LogP) is 1.72. The number of amides is 1. The van der Waals surface area contributed by atoms with Crippen LogP contribution in [-0.2, 0) is 11.2 Å². The standard InChI is InChI=1S/C11H11NO2/c1-12-11(13)6-8-7-14-10-5-3-2-4-9(8)10/h2-5,7H,6H2,1H3,(H,12,13). The fraction of sp³-hybridized carbons (Fsp3) is 0.182. The molecule has 1 heterocycles. The maximum Gasteiger partial charge on any atom is 0.224 e. The van der Waals surface area contributed by atoms with Gasteiger partial charge in [0.25, 0.3) is 0 Å². The molecule has 0 unspecified atom stereocenters. The van der Waals surface area contributed by atoms with Crippen molar-refractivity contribution in [2.75, 3.05) is 7.05 Å². The minimum absolute atomic E-state index is 0.00319. The van der Waals surface area contributed by atoms with Gasteiger partial charge in [-0.25, -0.2) is 0 Å². The molecular weight excluding hydrogens is 178 g/mol. The normalized spacial score (nSPS) is 10.4. The van der Waals surface area contributed by atoms with E-state index in [0.29, 0.717) is 6.42 Å². The van der Waals surface area contributed by atoms with Crippen molar-refractivity contribution < 1.29 is 9.21 Å². The van der Waals surface area contributed by atoms with E-state index in [1.807, 2.05) is 24.3 Å². The molecule has 72 valence electrons. The zero-order chi connectivity index (χ0) is 9.97. The van der Waals surface area contributed by atoms with E-state index in [1.54, 1.807) is 13.3 Å². The molecule has 14 heavy (non-hydrogen) atoms. The van der Waals surface area contributed by atoms with Crippen LogP contribution in [0.3, 0.4) is 0 Å². The Kier molecular flexibility index (Phi) is 2.23. The molecule has 1 aromatic heterocycles. The number of hydrogen-bond donors (Lipinski definition) is 1. The van der Waals surface area contributed by atoms with Gasteiger partial charge in [-0.1, -0.05) is 18.2 Å². The van der Waals surface area contributed by atoms with E-state index >= 15 is 0 Å². The monoisotopic (exact) mass is 189 g/mol. The Morgan fingerprint density at radius 1 is 1.43 bits per heavy atom. The van der Waals surface area contributed by atoms with Gasteiger partial charge in [-0.3, -0.25) is 4.79 Å². The average molecular weight is 189 g/mol. The molecule has 0 saturated carbocycles. The highest BCUT2D eigenvalue weighted by atomic mass is 16.3. The Bertz CT molecular complexity index is 459. The highest BCUT2D eigenvalue weighted by molar-refractivity contribution is 5.87.